The number of rotatable bonds is 4. The van der Waals surface area contributed by atoms with Gasteiger partial charge in [-0.25, -0.2) is 0 Å². The molecular weight excluding hydrogens is 264 g/mol. The monoisotopic (exact) mass is 280 g/mol. The molecule has 0 bridgehead atoms. The first kappa shape index (κ1) is 13.2. The van der Waals surface area contributed by atoms with E-state index in [2.05, 4.69) is 27.0 Å². The summed E-state index contributed by atoms with van der Waals surface area (Å²) < 4.78 is 2.19. The Morgan fingerprint density at radius 1 is 1.29 bits per heavy atom. The molecule has 0 aliphatic carbocycles. The highest BCUT2D eigenvalue weighted by molar-refractivity contribution is 6.00. The Hall–Kier alpha value is -2.82. The molecule has 0 unspecified atom stereocenters. The quantitative estimate of drug-likeness (QED) is 0.333. The van der Waals surface area contributed by atoms with E-state index < -0.39 is 0 Å². The summed E-state index contributed by atoms with van der Waals surface area (Å²) in [7, 11) is 0. The summed E-state index contributed by atoms with van der Waals surface area (Å²) in [5, 5.41) is 12.8. The summed E-state index contributed by atoms with van der Waals surface area (Å²) in [5.41, 5.74) is 8.68. The van der Waals surface area contributed by atoms with Crippen molar-refractivity contribution in [3.8, 4) is 0 Å². The molecule has 0 radical (unpaired) electrons. The first-order valence-electron chi connectivity index (χ1n) is 6.73. The van der Waals surface area contributed by atoms with Gasteiger partial charge in [-0.2, -0.15) is 0 Å². The van der Waals surface area contributed by atoms with E-state index >= 15 is 0 Å². The second kappa shape index (κ2) is 5.66. The smallest absolute Gasteiger partial charge is 0.170 e. The number of nitrogens with two attached hydrogens (primary N) is 1. The number of fused-ring (bicyclic) bond motifs is 1. The Balaban J connectivity index is 1.84. The molecule has 0 fully saturated rings. The van der Waals surface area contributed by atoms with Crippen molar-refractivity contribution < 1.29 is 5.21 Å². The third-order valence-electron chi connectivity index (χ3n) is 3.54. The fourth-order valence-electron chi connectivity index (χ4n) is 2.41. The van der Waals surface area contributed by atoms with Crippen LogP contribution in [0, 0.1) is 0 Å². The third kappa shape index (κ3) is 2.72. The lowest BCUT2D eigenvalue weighted by Crippen LogP contribution is -2.12. The molecule has 3 rings (SSSR count). The summed E-state index contributed by atoms with van der Waals surface area (Å²) in [6, 6.07) is 11.8. The summed E-state index contributed by atoms with van der Waals surface area (Å²) in [6.07, 6.45) is 6.65. The highest BCUT2D eigenvalue weighted by Crippen LogP contribution is 2.18. The molecule has 5 heteroatoms. The maximum absolute atomic E-state index is 8.73. The van der Waals surface area contributed by atoms with Crippen LogP contribution in [0.2, 0.25) is 0 Å². The van der Waals surface area contributed by atoms with Gasteiger partial charge in [0.05, 0.1) is 0 Å². The number of nitrogens with zero attached hydrogens (tertiary/aromatic N) is 3. The average molecular weight is 280 g/mol. The Morgan fingerprint density at radius 3 is 2.95 bits per heavy atom. The molecule has 2 heterocycles. The molecule has 21 heavy (non-hydrogen) atoms. The lowest BCUT2D eigenvalue weighted by Gasteiger charge is -2.06. The van der Waals surface area contributed by atoms with E-state index in [9.17, 15) is 0 Å². The molecule has 0 aliphatic rings. The van der Waals surface area contributed by atoms with Gasteiger partial charge < -0.3 is 15.5 Å². The lowest BCUT2D eigenvalue weighted by atomic mass is 10.1. The van der Waals surface area contributed by atoms with Crippen molar-refractivity contribution in [2.75, 3.05) is 0 Å². The number of amidine groups is 1. The predicted octanol–water partition coefficient (Wildman–Crippen LogP) is 2.37. The van der Waals surface area contributed by atoms with Crippen molar-refractivity contribution >= 4 is 16.7 Å². The fourth-order valence-corrected chi connectivity index (χ4v) is 2.41. The number of benzene rings is 1. The average Bonchev–Trinajstić information content (AvgIpc) is 2.95. The second-order valence-corrected chi connectivity index (χ2v) is 4.88. The fraction of sp³-hybridized carbons (Fsp3) is 0.125. The van der Waals surface area contributed by atoms with E-state index in [1.165, 1.54) is 5.56 Å². The maximum Gasteiger partial charge on any atom is 0.170 e. The van der Waals surface area contributed by atoms with Crippen LogP contribution in [0.15, 0.2) is 60.1 Å². The van der Waals surface area contributed by atoms with Crippen LogP contribution in [0.3, 0.4) is 0 Å². The van der Waals surface area contributed by atoms with Gasteiger partial charge in [0.25, 0.3) is 0 Å². The first-order valence-corrected chi connectivity index (χ1v) is 6.73. The number of oxime groups is 1. The summed E-state index contributed by atoms with van der Waals surface area (Å²) >= 11 is 0. The van der Waals surface area contributed by atoms with E-state index in [4.69, 9.17) is 10.9 Å². The zero-order chi connectivity index (χ0) is 14.7. The number of aryl methyl sites for hydroxylation is 2. The van der Waals surface area contributed by atoms with Gasteiger partial charge >= 0.3 is 0 Å². The minimum absolute atomic E-state index is 0.125. The molecule has 0 saturated carbocycles. The van der Waals surface area contributed by atoms with Crippen LogP contribution < -0.4 is 5.73 Å². The van der Waals surface area contributed by atoms with Crippen molar-refractivity contribution in [1.82, 2.24) is 9.55 Å². The van der Waals surface area contributed by atoms with E-state index in [0.29, 0.717) is 0 Å². The molecule has 3 aromatic rings. The van der Waals surface area contributed by atoms with E-state index in [0.717, 1.165) is 29.4 Å². The van der Waals surface area contributed by atoms with Crippen molar-refractivity contribution in [3.63, 3.8) is 0 Å². The van der Waals surface area contributed by atoms with Crippen molar-refractivity contribution in [3.05, 3.63) is 66.1 Å². The first-order chi connectivity index (χ1) is 10.3. The minimum atomic E-state index is 0.125. The summed E-state index contributed by atoms with van der Waals surface area (Å²) in [4.78, 5) is 4.13. The minimum Gasteiger partial charge on any atom is -0.409 e. The van der Waals surface area contributed by atoms with Crippen LogP contribution in [0.25, 0.3) is 10.9 Å². The van der Waals surface area contributed by atoms with Gasteiger partial charge in [0.2, 0.25) is 0 Å². The highest BCUT2D eigenvalue weighted by Gasteiger charge is 2.05. The number of aromatic nitrogens is 2. The molecule has 1 aromatic carbocycles. The van der Waals surface area contributed by atoms with E-state index in [1.807, 2.05) is 36.5 Å². The molecule has 0 aliphatic heterocycles. The number of pyridine rings is 1. The summed E-state index contributed by atoms with van der Waals surface area (Å²) in [6.45, 7) is 0.887. The third-order valence-corrected chi connectivity index (χ3v) is 3.54. The van der Waals surface area contributed by atoms with Gasteiger partial charge in [-0.15, -0.1) is 0 Å². The van der Waals surface area contributed by atoms with Gasteiger partial charge in [-0.1, -0.05) is 11.2 Å². The van der Waals surface area contributed by atoms with E-state index in [1.54, 1.807) is 6.20 Å². The van der Waals surface area contributed by atoms with Gasteiger partial charge in [0, 0.05) is 41.6 Å². The van der Waals surface area contributed by atoms with Crippen molar-refractivity contribution in [1.29, 1.82) is 0 Å². The number of hydrogen-bond acceptors (Lipinski definition) is 3. The Kier molecular flexibility index (Phi) is 3.55. The standard InChI is InChI=1S/C16H16N4O/c17-16(19-21)14-3-4-15-13(10-14)6-9-20(15)8-5-12-2-1-7-18-11-12/h1-4,6-7,9-11,21H,5,8H2,(H2,17,19). The molecular formula is C16H16N4O. The number of hydrogen-bond donors (Lipinski definition) is 2. The van der Waals surface area contributed by atoms with Crippen LogP contribution in [-0.2, 0) is 13.0 Å². The van der Waals surface area contributed by atoms with Crippen LogP contribution in [0.1, 0.15) is 11.1 Å². The Bertz CT molecular complexity index is 777. The molecule has 2 aromatic heterocycles. The van der Waals surface area contributed by atoms with Crippen molar-refractivity contribution in [2.24, 2.45) is 10.9 Å². The Labute approximate surface area is 122 Å². The van der Waals surface area contributed by atoms with Gasteiger partial charge in [-0.05, 0) is 42.3 Å². The van der Waals surface area contributed by atoms with Gasteiger partial charge in [0.15, 0.2) is 5.84 Å². The Morgan fingerprint density at radius 2 is 2.19 bits per heavy atom. The van der Waals surface area contributed by atoms with Crippen LogP contribution in [0.5, 0.6) is 0 Å². The van der Waals surface area contributed by atoms with E-state index in [-0.39, 0.29) is 5.84 Å². The topological polar surface area (TPSA) is 76.4 Å². The summed E-state index contributed by atoms with van der Waals surface area (Å²) in [5.74, 6) is 0.125. The second-order valence-electron chi connectivity index (χ2n) is 4.88. The maximum atomic E-state index is 8.73. The predicted molar refractivity (Wildman–Crippen MR) is 82.4 cm³/mol. The zero-order valence-electron chi connectivity index (χ0n) is 11.5. The largest absolute Gasteiger partial charge is 0.409 e. The molecule has 0 atom stereocenters. The van der Waals surface area contributed by atoms with Gasteiger partial charge in [0.1, 0.15) is 0 Å². The van der Waals surface area contributed by atoms with Crippen LogP contribution in [0.4, 0.5) is 0 Å². The molecule has 0 spiro atoms. The molecule has 106 valence electrons. The molecule has 5 nitrogen and oxygen atoms in total. The van der Waals surface area contributed by atoms with Crippen LogP contribution in [-0.4, -0.2) is 20.6 Å². The normalized spacial score (nSPS) is 11.9. The van der Waals surface area contributed by atoms with Gasteiger partial charge in [-0.3, -0.25) is 4.98 Å². The molecule has 0 saturated heterocycles. The van der Waals surface area contributed by atoms with Crippen LogP contribution >= 0.6 is 0 Å². The molecule has 3 N–H and O–H groups in total. The lowest BCUT2D eigenvalue weighted by molar-refractivity contribution is 0.318. The highest BCUT2D eigenvalue weighted by atomic mass is 16.4. The molecule has 0 amide bonds. The SMILES string of the molecule is N/C(=N/O)c1ccc2c(ccn2CCc2cccnc2)c1. The zero-order valence-corrected chi connectivity index (χ0v) is 11.5. The van der Waals surface area contributed by atoms with Crippen molar-refractivity contribution in [2.45, 2.75) is 13.0 Å².